The molecule has 3 N–H and O–H groups in total. The van der Waals surface area contributed by atoms with Gasteiger partial charge in [0.15, 0.2) is 5.60 Å². The SMILES string of the molecule is CS(=O)(=O)/C(F)=C/[C@H](C[C@@]1(C=O)CCNC1)NC(=O)[C@@H]1[C@H]2CCC[C@H]2CN1C(=O)C1(O)c2ccccc2-c2ccccc21. The molecule has 2 aliphatic carbocycles. The van der Waals surface area contributed by atoms with Crippen LogP contribution in [0, 0.1) is 17.3 Å². The second-order valence-electron chi connectivity index (χ2n) is 12.5. The summed E-state index contributed by atoms with van der Waals surface area (Å²) in [5.41, 5.74) is -0.492. The van der Waals surface area contributed by atoms with Crippen LogP contribution in [0.1, 0.15) is 43.2 Å². The fourth-order valence-corrected chi connectivity index (χ4v) is 8.14. The van der Waals surface area contributed by atoms with Crippen molar-refractivity contribution in [3.05, 3.63) is 70.9 Å². The van der Waals surface area contributed by atoms with E-state index in [0.29, 0.717) is 37.1 Å². The maximum Gasteiger partial charge on any atom is 0.264 e. The lowest BCUT2D eigenvalue weighted by Gasteiger charge is -2.35. The first-order valence-corrected chi connectivity index (χ1v) is 16.7. The summed E-state index contributed by atoms with van der Waals surface area (Å²) in [6.45, 7) is 1.17. The van der Waals surface area contributed by atoms with Crippen LogP contribution in [0.4, 0.5) is 4.39 Å². The van der Waals surface area contributed by atoms with Gasteiger partial charge in [-0.15, -0.1) is 0 Å². The fraction of sp³-hybridized carbons (Fsp3) is 0.469. The Hall–Kier alpha value is -3.41. The molecule has 0 aromatic heterocycles. The van der Waals surface area contributed by atoms with E-state index in [2.05, 4.69) is 10.6 Å². The summed E-state index contributed by atoms with van der Waals surface area (Å²) in [5.74, 6) is -1.27. The number of halogens is 1. The zero-order chi connectivity index (χ0) is 30.6. The Labute approximate surface area is 250 Å². The van der Waals surface area contributed by atoms with Gasteiger partial charge in [0.05, 0.1) is 6.04 Å². The average molecular weight is 610 g/mol. The molecule has 11 heteroatoms. The van der Waals surface area contributed by atoms with Crippen molar-refractivity contribution in [2.75, 3.05) is 25.9 Å². The minimum absolute atomic E-state index is 0.00235. The van der Waals surface area contributed by atoms with Gasteiger partial charge < -0.3 is 25.4 Å². The Morgan fingerprint density at radius 3 is 2.37 bits per heavy atom. The van der Waals surface area contributed by atoms with E-state index >= 15 is 0 Å². The van der Waals surface area contributed by atoms with Gasteiger partial charge >= 0.3 is 0 Å². The van der Waals surface area contributed by atoms with Gasteiger partial charge in [-0.2, -0.15) is 4.39 Å². The van der Waals surface area contributed by atoms with Crippen molar-refractivity contribution in [3.63, 3.8) is 0 Å². The maximum atomic E-state index is 14.8. The second kappa shape index (κ2) is 10.9. The third kappa shape index (κ3) is 5.01. The van der Waals surface area contributed by atoms with Crippen LogP contribution in [-0.2, 0) is 29.8 Å². The van der Waals surface area contributed by atoms with Crippen LogP contribution >= 0.6 is 0 Å². The number of sulfone groups is 1. The van der Waals surface area contributed by atoms with E-state index in [1.165, 1.54) is 4.90 Å². The van der Waals surface area contributed by atoms with Gasteiger partial charge in [-0.3, -0.25) is 9.59 Å². The van der Waals surface area contributed by atoms with Crippen LogP contribution in [0.25, 0.3) is 11.1 Å². The lowest BCUT2D eigenvalue weighted by molar-refractivity contribution is -0.152. The zero-order valence-corrected chi connectivity index (χ0v) is 24.8. The molecule has 5 atom stereocenters. The molecule has 2 aromatic rings. The molecule has 43 heavy (non-hydrogen) atoms. The van der Waals surface area contributed by atoms with Crippen LogP contribution in [0.15, 0.2) is 59.8 Å². The van der Waals surface area contributed by atoms with Crippen LogP contribution < -0.4 is 10.6 Å². The van der Waals surface area contributed by atoms with Crippen LogP contribution in [-0.4, -0.2) is 74.5 Å². The number of carbonyl (C=O) groups excluding carboxylic acids is 3. The Morgan fingerprint density at radius 2 is 1.79 bits per heavy atom. The molecule has 9 nitrogen and oxygen atoms in total. The highest BCUT2D eigenvalue weighted by Crippen LogP contribution is 2.50. The largest absolute Gasteiger partial charge is 0.372 e. The minimum atomic E-state index is -4.19. The Bertz CT molecular complexity index is 1560. The minimum Gasteiger partial charge on any atom is -0.372 e. The molecule has 4 aliphatic rings. The molecular formula is C32H36FN3O6S. The standard InChI is InChI=1S/C32H36FN3O6S/c1-43(41,42)27(33)15-21(16-31(19-37)13-14-34-18-31)35-29(38)28-22-10-6-7-20(22)17-36(28)30(39)32(40)25-11-4-2-8-23(25)24-9-3-5-12-26(24)32/h2-5,8-9,11-12,15,19-22,28,34,40H,6-7,10,13-14,16-18H2,1H3,(H,35,38)/b27-15+/t20-,21+,22-,28-,31-/m0/s1. The average Bonchev–Trinajstić information content (AvgIpc) is 3.76. The fourth-order valence-electron chi connectivity index (χ4n) is 7.73. The number of fused-ring (bicyclic) bond motifs is 4. The van der Waals surface area contributed by atoms with Gasteiger partial charge in [-0.05, 0) is 61.3 Å². The predicted octanol–water partition coefficient (Wildman–Crippen LogP) is 2.44. The first-order chi connectivity index (χ1) is 20.5. The number of rotatable bonds is 8. The maximum absolute atomic E-state index is 14.8. The smallest absolute Gasteiger partial charge is 0.264 e. The number of hydrogen-bond donors (Lipinski definition) is 3. The molecule has 0 unspecified atom stereocenters. The quantitative estimate of drug-likeness (QED) is 0.392. The van der Waals surface area contributed by atoms with Crippen molar-refractivity contribution in [3.8, 4) is 11.1 Å². The summed E-state index contributed by atoms with van der Waals surface area (Å²) >= 11 is 0. The first-order valence-electron chi connectivity index (χ1n) is 14.8. The summed E-state index contributed by atoms with van der Waals surface area (Å²) < 4.78 is 38.7. The van der Waals surface area contributed by atoms with E-state index in [4.69, 9.17) is 0 Å². The molecule has 1 saturated carbocycles. The van der Waals surface area contributed by atoms with E-state index in [0.717, 1.165) is 42.6 Å². The topological polar surface area (TPSA) is 133 Å². The Morgan fingerprint density at radius 1 is 1.14 bits per heavy atom. The molecule has 0 bridgehead atoms. The van der Waals surface area contributed by atoms with E-state index in [1.807, 2.05) is 24.3 Å². The Balaban J connectivity index is 1.35. The van der Waals surface area contributed by atoms with E-state index in [9.17, 15) is 32.3 Å². The van der Waals surface area contributed by atoms with Gasteiger partial charge in [0.25, 0.3) is 5.91 Å². The predicted molar refractivity (Wildman–Crippen MR) is 158 cm³/mol. The first kappa shape index (κ1) is 29.7. The number of amides is 2. The molecule has 2 saturated heterocycles. The molecule has 0 spiro atoms. The van der Waals surface area contributed by atoms with Crippen LogP contribution in [0.2, 0.25) is 0 Å². The summed E-state index contributed by atoms with van der Waals surface area (Å²) in [7, 11) is -4.19. The summed E-state index contributed by atoms with van der Waals surface area (Å²) in [6.07, 6.45) is 5.25. The van der Waals surface area contributed by atoms with Crippen molar-refractivity contribution in [2.45, 2.75) is 49.8 Å². The molecular weight excluding hydrogens is 573 g/mol. The monoisotopic (exact) mass is 609 g/mol. The number of likely N-dealkylation sites (tertiary alicyclic amines) is 1. The van der Waals surface area contributed by atoms with Crippen molar-refractivity contribution in [2.24, 2.45) is 17.3 Å². The van der Waals surface area contributed by atoms with Crippen molar-refractivity contribution >= 4 is 27.9 Å². The number of hydrogen-bond acceptors (Lipinski definition) is 7. The van der Waals surface area contributed by atoms with Gasteiger partial charge in [-0.1, -0.05) is 55.0 Å². The molecule has 2 aliphatic heterocycles. The molecule has 6 rings (SSSR count). The number of nitrogens with zero attached hydrogens (tertiary/aromatic N) is 1. The van der Waals surface area contributed by atoms with Crippen molar-refractivity contribution in [1.29, 1.82) is 0 Å². The molecule has 2 heterocycles. The summed E-state index contributed by atoms with van der Waals surface area (Å²) in [6, 6.07) is 12.3. The van der Waals surface area contributed by atoms with Gasteiger partial charge in [-0.25, -0.2) is 8.42 Å². The number of nitrogens with one attached hydrogen (secondary N) is 2. The van der Waals surface area contributed by atoms with Crippen LogP contribution in [0.5, 0.6) is 0 Å². The van der Waals surface area contributed by atoms with E-state index in [1.54, 1.807) is 24.3 Å². The highest BCUT2D eigenvalue weighted by Gasteiger charge is 2.56. The molecule has 2 amide bonds. The molecule has 3 fully saturated rings. The lowest BCUT2D eigenvalue weighted by Crippen LogP contribution is -2.56. The number of carbonyl (C=O) groups is 3. The second-order valence-corrected chi connectivity index (χ2v) is 14.5. The van der Waals surface area contributed by atoms with Gasteiger partial charge in [0, 0.05) is 35.9 Å². The van der Waals surface area contributed by atoms with E-state index < -0.39 is 49.9 Å². The van der Waals surface area contributed by atoms with Crippen molar-refractivity contribution in [1.82, 2.24) is 15.5 Å². The van der Waals surface area contributed by atoms with Gasteiger partial charge in [0.1, 0.15) is 12.3 Å². The van der Waals surface area contributed by atoms with Gasteiger partial charge in [0.2, 0.25) is 20.9 Å². The third-order valence-electron chi connectivity index (χ3n) is 9.82. The highest BCUT2D eigenvalue weighted by molar-refractivity contribution is 7.94. The van der Waals surface area contributed by atoms with E-state index in [-0.39, 0.29) is 24.8 Å². The lowest BCUT2D eigenvalue weighted by atomic mass is 9.82. The van der Waals surface area contributed by atoms with Crippen molar-refractivity contribution < 1.29 is 32.3 Å². The zero-order valence-electron chi connectivity index (χ0n) is 24.0. The number of aldehydes is 1. The normalized spacial score (nSPS) is 28.2. The number of benzene rings is 2. The highest BCUT2D eigenvalue weighted by atomic mass is 32.2. The molecule has 2 aromatic carbocycles. The summed E-state index contributed by atoms with van der Waals surface area (Å²) in [5, 5.41) is 16.8. The number of aliphatic hydroxyl groups is 1. The summed E-state index contributed by atoms with van der Waals surface area (Å²) in [4.78, 5) is 42.2. The third-order valence-corrected chi connectivity index (χ3v) is 10.7. The molecule has 0 radical (unpaired) electrons. The Kier molecular flexibility index (Phi) is 7.55. The van der Waals surface area contributed by atoms with Crippen LogP contribution in [0.3, 0.4) is 0 Å². The molecule has 228 valence electrons.